The number of furan rings is 1. The van der Waals surface area contributed by atoms with Crippen molar-refractivity contribution in [2.24, 2.45) is 5.10 Å². The molecule has 6 heteroatoms. The summed E-state index contributed by atoms with van der Waals surface area (Å²) in [4.78, 5) is 12.2. The Kier molecular flexibility index (Phi) is 3.72. The van der Waals surface area contributed by atoms with E-state index in [2.05, 4.69) is 10.5 Å². The summed E-state index contributed by atoms with van der Waals surface area (Å²) in [5.41, 5.74) is 3.98. The molecule has 0 spiro atoms. The average Bonchev–Trinajstić information content (AvgIpc) is 2.86. The number of aryl methyl sites for hydroxylation is 1. The smallest absolute Gasteiger partial charge is 0.307 e. The lowest BCUT2D eigenvalue weighted by molar-refractivity contribution is 0.0929. The molecule has 3 N–H and O–H groups in total. The highest BCUT2D eigenvalue weighted by Gasteiger charge is 2.19. The van der Waals surface area contributed by atoms with Crippen LogP contribution in [0.15, 0.2) is 52.0 Å². The summed E-state index contributed by atoms with van der Waals surface area (Å²) in [7, 11) is 0. The number of nitrogens with zero attached hydrogens (tertiary/aromatic N) is 1. The van der Waals surface area contributed by atoms with E-state index in [0.717, 1.165) is 0 Å². The Morgan fingerprint density at radius 3 is 2.74 bits per heavy atom. The van der Waals surface area contributed by atoms with Crippen LogP contribution in [0.2, 0.25) is 0 Å². The Labute approximate surface area is 131 Å². The molecule has 0 aliphatic heterocycles. The first-order chi connectivity index (χ1) is 11.1. The van der Waals surface area contributed by atoms with E-state index in [1.165, 1.54) is 18.3 Å². The Morgan fingerprint density at radius 2 is 2.00 bits per heavy atom. The van der Waals surface area contributed by atoms with Crippen LogP contribution in [0.5, 0.6) is 11.5 Å². The van der Waals surface area contributed by atoms with Gasteiger partial charge in [0.25, 0.3) is 0 Å². The minimum Gasteiger partial charge on any atom is -0.508 e. The Bertz CT molecular complexity index is 912. The minimum absolute atomic E-state index is 0.0612. The molecule has 0 bridgehead atoms. The number of amides is 1. The predicted octanol–water partition coefficient (Wildman–Crippen LogP) is 2.92. The second kappa shape index (κ2) is 5.84. The van der Waals surface area contributed by atoms with Crippen molar-refractivity contribution >= 4 is 23.1 Å². The van der Waals surface area contributed by atoms with E-state index in [4.69, 9.17) is 4.42 Å². The quantitative estimate of drug-likeness (QED) is 0.512. The molecule has 1 aromatic heterocycles. The number of carbonyl (C=O) groups is 1. The standard InChI is InChI=1S/C17H14N2O4/c1-10-15-13(21)6-3-7-14(15)23-16(10)17(22)19-18-9-11-4-2-5-12(20)8-11/h2-9,20-21H,1H3,(H,19,22)/b18-9+. The van der Waals surface area contributed by atoms with Gasteiger partial charge in [-0.25, -0.2) is 5.43 Å². The fourth-order valence-corrected chi connectivity index (χ4v) is 2.32. The number of phenolic OH excluding ortho intramolecular Hbond substituents is 2. The summed E-state index contributed by atoms with van der Waals surface area (Å²) in [5.74, 6) is -0.251. The lowest BCUT2D eigenvalue weighted by Crippen LogP contribution is -2.17. The number of nitrogens with one attached hydrogen (secondary N) is 1. The van der Waals surface area contributed by atoms with Crippen molar-refractivity contribution in [2.45, 2.75) is 6.92 Å². The van der Waals surface area contributed by atoms with E-state index in [-0.39, 0.29) is 17.3 Å². The first-order valence-corrected chi connectivity index (χ1v) is 6.90. The molecule has 0 fully saturated rings. The van der Waals surface area contributed by atoms with Crippen LogP contribution in [0, 0.1) is 6.92 Å². The normalized spacial score (nSPS) is 11.2. The van der Waals surface area contributed by atoms with Gasteiger partial charge in [0.05, 0.1) is 11.6 Å². The van der Waals surface area contributed by atoms with Gasteiger partial charge in [-0.15, -0.1) is 0 Å². The van der Waals surface area contributed by atoms with Crippen LogP contribution >= 0.6 is 0 Å². The van der Waals surface area contributed by atoms with E-state index in [1.54, 1.807) is 37.3 Å². The molecule has 23 heavy (non-hydrogen) atoms. The highest BCUT2D eigenvalue weighted by Crippen LogP contribution is 2.32. The summed E-state index contributed by atoms with van der Waals surface area (Å²) < 4.78 is 5.48. The van der Waals surface area contributed by atoms with E-state index in [0.29, 0.717) is 22.1 Å². The number of carbonyl (C=O) groups excluding carboxylic acids is 1. The molecule has 0 saturated carbocycles. The van der Waals surface area contributed by atoms with Crippen molar-refractivity contribution < 1.29 is 19.4 Å². The van der Waals surface area contributed by atoms with Gasteiger partial charge >= 0.3 is 5.91 Å². The molecule has 0 aliphatic rings. The number of fused-ring (bicyclic) bond motifs is 1. The number of hydrogen-bond donors (Lipinski definition) is 3. The monoisotopic (exact) mass is 310 g/mol. The fraction of sp³-hybridized carbons (Fsp3) is 0.0588. The number of hydrogen-bond acceptors (Lipinski definition) is 5. The zero-order valence-electron chi connectivity index (χ0n) is 12.3. The van der Waals surface area contributed by atoms with Gasteiger partial charge in [0.2, 0.25) is 0 Å². The Hall–Kier alpha value is -3.28. The van der Waals surface area contributed by atoms with Crippen molar-refractivity contribution in [2.75, 3.05) is 0 Å². The highest BCUT2D eigenvalue weighted by molar-refractivity contribution is 6.00. The van der Waals surface area contributed by atoms with Crippen molar-refractivity contribution in [1.82, 2.24) is 5.43 Å². The molecule has 0 atom stereocenters. The van der Waals surface area contributed by atoms with Crippen molar-refractivity contribution in [3.63, 3.8) is 0 Å². The Morgan fingerprint density at radius 1 is 1.22 bits per heavy atom. The third kappa shape index (κ3) is 2.87. The van der Waals surface area contributed by atoms with E-state index >= 15 is 0 Å². The molecule has 3 rings (SSSR count). The van der Waals surface area contributed by atoms with Crippen LogP contribution in [0.3, 0.4) is 0 Å². The van der Waals surface area contributed by atoms with Crippen molar-refractivity contribution in [3.8, 4) is 11.5 Å². The van der Waals surface area contributed by atoms with Gasteiger partial charge in [-0.2, -0.15) is 5.10 Å². The molecule has 2 aromatic carbocycles. The molecular weight excluding hydrogens is 296 g/mol. The topological polar surface area (TPSA) is 95.1 Å². The number of benzene rings is 2. The molecule has 3 aromatic rings. The molecule has 116 valence electrons. The molecule has 1 heterocycles. The molecule has 0 unspecified atom stereocenters. The van der Waals surface area contributed by atoms with E-state index in [9.17, 15) is 15.0 Å². The van der Waals surface area contributed by atoms with Crippen LogP contribution in [0.4, 0.5) is 0 Å². The molecular formula is C17H14N2O4. The first kappa shape index (κ1) is 14.6. The summed E-state index contributed by atoms with van der Waals surface area (Å²) >= 11 is 0. The SMILES string of the molecule is Cc1c(C(=O)N/N=C/c2cccc(O)c2)oc2cccc(O)c12. The summed E-state index contributed by atoms with van der Waals surface area (Å²) in [6.45, 7) is 1.69. The van der Waals surface area contributed by atoms with Crippen LogP contribution in [-0.4, -0.2) is 22.3 Å². The largest absolute Gasteiger partial charge is 0.508 e. The molecule has 0 aliphatic carbocycles. The Balaban J connectivity index is 1.81. The third-order valence-corrected chi connectivity index (χ3v) is 3.39. The van der Waals surface area contributed by atoms with E-state index in [1.807, 2.05) is 0 Å². The summed E-state index contributed by atoms with van der Waals surface area (Å²) in [6, 6.07) is 11.3. The summed E-state index contributed by atoms with van der Waals surface area (Å²) in [5, 5.41) is 23.6. The fourth-order valence-electron chi connectivity index (χ4n) is 2.32. The second-order valence-electron chi connectivity index (χ2n) is 5.00. The van der Waals surface area contributed by atoms with Gasteiger partial charge < -0.3 is 14.6 Å². The lowest BCUT2D eigenvalue weighted by atomic mass is 10.1. The highest BCUT2D eigenvalue weighted by atomic mass is 16.3. The van der Waals surface area contributed by atoms with Crippen LogP contribution in [-0.2, 0) is 0 Å². The predicted molar refractivity (Wildman–Crippen MR) is 85.8 cm³/mol. The first-order valence-electron chi connectivity index (χ1n) is 6.90. The van der Waals surface area contributed by atoms with Gasteiger partial charge in [-0.05, 0) is 36.8 Å². The van der Waals surface area contributed by atoms with Crippen LogP contribution in [0.1, 0.15) is 21.7 Å². The zero-order valence-corrected chi connectivity index (χ0v) is 12.3. The molecule has 0 saturated heterocycles. The summed E-state index contributed by atoms with van der Waals surface area (Å²) in [6.07, 6.45) is 1.41. The van der Waals surface area contributed by atoms with Gasteiger partial charge in [0.1, 0.15) is 17.1 Å². The number of aromatic hydroxyl groups is 2. The maximum atomic E-state index is 12.2. The van der Waals surface area contributed by atoms with Gasteiger partial charge in [-0.1, -0.05) is 18.2 Å². The molecule has 6 nitrogen and oxygen atoms in total. The van der Waals surface area contributed by atoms with Gasteiger partial charge in [0.15, 0.2) is 5.76 Å². The van der Waals surface area contributed by atoms with Crippen LogP contribution in [0.25, 0.3) is 11.0 Å². The maximum Gasteiger partial charge on any atom is 0.307 e. The molecule has 0 radical (unpaired) electrons. The number of phenols is 2. The van der Waals surface area contributed by atoms with Crippen molar-refractivity contribution in [1.29, 1.82) is 0 Å². The van der Waals surface area contributed by atoms with Gasteiger partial charge in [0, 0.05) is 5.56 Å². The number of rotatable bonds is 3. The van der Waals surface area contributed by atoms with E-state index < -0.39 is 5.91 Å². The van der Waals surface area contributed by atoms with Crippen molar-refractivity contribution in [3.05, 3.63) is 59.4 Å². The minimum atomic E-state index is -0.519. The second-order valence-corrected chi connectivity index (χ2v) is 5.00. The zero-order chi connectivity index (χ0) is 16.4. The molecule has 1 amide bonds. The third-order valence-electron chi connectivity index (χ3n) is 3.39. The lowest BCUT2D eigenvalue weighted by Gasteiger charge is -1.98. The maximum absolute atomic E-state index is 12.2. The van der Waals surface area contributed by atoms with Crippen LogP contribution < -0.4 is 5.43 Å². The number of hydrazone groups is 1. The average molecular weight is 310 g/mol. The van der Waals surface area contributed by atoms with Gasteiger partial charge in [-0.3, -0.25) is 4.79 Å².